The normalized spacial score (nSPS) is 13.6. The zero-order chi connectivity index (χ0) is 8.91. The quantitative estimate of drug-likeness (QED) is 0.309. The molecule has 0 radical (unpaired) electrons. The van der Waals surface area contributed by atoms with Gasteiger partial charge in [0.25, 0.3) is 0 Å². The first kappa shape index (κ1) is 15.3. The number of rotatable bonds is 5. The maximum Gasteiger partial charge on any atom is 1.00 e. The second kappa shape index (κ2) is 7.26. The van der Waals surface area contributed by atoms with Crippen molar-refractivity contribution in [2.45, 2.75) is 38.1 Å². The Morgan fingerprint density at radius 1 is 1.42 bits per heavy atom. The van der Waals surface area contributed by atoms with Crippen LogP contribution in [0.3, 0.4) is 0 Å². The molecule has 0 heterocycles. The first-order valence-corrected chi connectivity index (χ1v) is 5.04. The smallest absolute Gasteiger partial charge is 0.746 e. The van der Waals surface area contributed by atoms with E-state index in [1.807, 2.05) is 6.92 Å². The molecule has 1 unspecified atom stereocenters. The third-order valence-corrected chi connectivity index (χ3v) is 2.21. The number of halogens is 1. The van der Waals surface area contributed by atoms with E-state index in [-0.39, 0.29) is 36.0 Å². The largest absolute Gasteiger partial charge is 1.00 e. The second-order valence-corrected chi connectivity index (χ2v) is 3.90. The van der Waals surface area contributed by atoms with Crippen LogP contribution in [-0.2, 0) is 10.1 Å². The van der Waals surface area contributed by atoms with Crippen LogP contribution in [0, 0.1) is 0 Å². The Morgan fingerprint density at radius 2 is 1.92 bits per heavy atom. The molecule has 6 heteroatoms. The van der Waals surface area contributed by atoms with Crippen LogP contribution in [0.5, 0.6) is 0 Å². The van der Waals surface area contributed by atoms with Crippen LogP contribution in [0.1, 0.15) is 32.6 Å². The van der Waals surface area contributed by atoms with Crippen LogP contribution in [-0.4, -0.2) is 18.5 Å². The third-order valence-electron chi connectivity index (χ3n) is 1.35. The van der Waals surface area contributed by atoms with Crippen LogP contribution in [0.25, 0.3) is 0 Å². The van der Waals surface area contributed by atoms with Gasteiger partial charge in [0.15, 0.2) is 5.50 Å². The number of alkyl halides is 1. The molecule has 0 saturated heterocycles. The van der Waals surface area contributed by atoms with Gasteiger partial charge >= 0.3 is 29.6 Å². The summed E-state index contributed by atoms with van der Waals surface area (Å²) in [6.07, 6.45) is 1.93. The molecule has 0 rings (SSSR count). The predicted octanol–water partition coefficient (Wildman–Crippen LogP) is -1.59. The van der Waals surface area contributed by atoms with E-state index >= 15 is 0 Å². The summed E-state index contributed by atoms with van der Waals surface area (Å²) >= 11 is 0. The van der Waals surface area contributed by atoms with Gasteiger partial charge in [0.1, 0.15) is 10.1 Å². The molecule has 3 nitrogen and oxygen atoms in total. The molecular formula is C6H12FNaO3S. The molecule has 68 valence electrons. The second-order valence-electron chi connectivity index (χ2n) is 2.40. The molecule has 0 spiro atoms. The van der Waals surface area contributed by atoms with Gasteiger partial charge in [0.05, 0.1) is 0 Å². The van der Waals surface area contributed by atoms with Crippen LogP contribution < -0.4 is 29.6 Å². The molecule has 0 N–H and O–H groups in total. The van der Waals surface area contributed by atoms with E-state index < -0.39 is 15.6 Å². The summed E-state index contributed by atoms with van der Waals surface area (Å²) in [5.74, 6) is 0. The van der Waals surface area contributed by atoms with Crippen molar-refractivity contribution >= 4 is 10.1 Å². The molecular weight excluding hydrogens is 194 g/mol. The van der Waals surface area contributed by atoms with Gasteiger partial charge in [-0.15, -0.1) is 0 Å². The maximum absolute atomic E-state index is 12.3. The average Bonchev–Trinajstić information content (AvgIpc) is 1.86. The monoisotopic (exact) mass is 206 g/mol. The summed E-state index contributed by atoms with van der Waals surface area (Å²) in [6.45, 7) is 1.92. The molecule has 0 saturated carbocycles. The van der Waals surface area contributed by atoms with Gasteiger partial charge in [-0.05, 0) is 12.8 Å². The van der Waals surface area contributed by atoms with Crippen molar-refractivity contribution < 1.29 is 46.9 Å². The zero-order valence-corrected chi connectivity index (χ0v) is 10.2. The van der Waals surface area contributed by atoms with Crippen LogP contribution in [0.15, 0.2) is 0 Å². The van der Waals surface area contributed by atoms with Crippen LogP contribution in [0.4, 0.5) is 4.39 Å². The Hall–Kier alpha value is 0.840. The number of unbranched alkanes of at least 4 members (excludes halogenated alkanes) is 2. The van der Waals surface area contributed by atoms with Gasteiger partial charge in [-0.25, -0.2) is 12.8 Å². The fourth-order valence-corrected chi connectivity index (χ4v) is 1.15. The van der Waals surface area contributed by atoms with Crippen molar-refractivity contribution in [1.82, 2.24) is 0 Å². The summed E-state index contributed by atoms with van der Waals surface area (Å²) in [4.78, 5) is 0. The Kier molecular flexibility index (Phi) is 9.27. The van der Waals surface area contributed by atoms with E-state index in [4.69, 9.17) is 0 Å². The van der Waals surface area contributed by atoms with Crippen LogP contribution in [0.2, 0.25) is 0 Å². The Balaban J connectivity index is 0. The number of hydrogen-bond donors (Lipinski definition) is 0. The standard InChI is InChI=1S/C6H13FO3S.Na/c1-2-3-4-5-6(7)11(8,9)10;/h6H,2-5H2,1H3,(H,8,9,10);/q;+1/p-1. The molecule has 0 aliphatic carbocycles. The van der Waals surface area contributed by atoms with E-state index in [0.717, 1.165) is 12.8 Å². The molecule has 0 aromatic carbocycles. The van der Waals surface area contributed by atoms with Crippen molar-refractivity contribution in [3.63, 3.8) is 0 Å². The fraction of sp³-hybridized carbons (Fsp3) is 1.00. The van der Waals surface area contributed by atoms with Gasteiger partial charge in [-0.2, -0.15) is 0 Å². The Labute approximate surface area is 94.8 Å². The maximum atomic E-state index is 12.3. The molecule has 0 aliphatic rings. The van der Waals surface area contributed by atoms with Crippen molar-refractivity contribution in [3.8, 4) is 0 Å². The fourth-order valence-electron chi connectivity index (χ4n) is 0.699. The van der Waals surface area contributed by atoms with E-state index in [1.54, 1.807) is 0 Å². The molecule has 0 bridgehead atoms. The molecule has 12 heavy (non-hydrogen) atoms. The Bertz CT molecular complexity index is 193. The van der Waals surface area contributed by atoms with Gasteiger partial charge in [0.2, 0.25) is 0 Å². The summed E-state index contributed by atoms with van der Waals surface area (Å²) in [5, 5.41) is 0. The SMILES string of the molecule is CCCCCC(F)S(=O)(=O)[O-].[Na+]. The molecule has 0 aliphatic heterocycles. The molecule has 0 fully saturated rings. The topological polar surface area (TPSA) is 57.2 Å². The van der Waals surface area contributed by atoms with Gasteiger partial charge < -0.3 is 4.55 Å². The summed E-state index contributed by atoms with van der Waals surface area (Å²) in [5.41, 5.74) is -2.21. The average molecular weight is 206 g/mol. The van der Waals surface area contributed by atoms with Crippen LogP contribution >= 0.6 is 0 Å². The molecule has 0 amide bonds. The van der Waals surface area contributed by atoms with Gasteiger partial charge in [-0.1, -0.05) is 19.8 Å². The molecule has 0 aromatic heterocycles. The Morgan fingerprint density at radius 3 is 2.25 bits per heavy atom. The minimum Gasteiger partial charge on any atom is -0.746 e. The van der Waals surface area contributed by atoms with Gasteiger partial charge in [0, 0.05) is 0 Å². The van der Waals surface area contributed by atoms with Crippen molar-refractivity contribution in [1.29, 1.82) is 0 Å². The summed E-state index contributed by atoms with van der Waals surface area (Å²) in [6, 6.07) is 0. The third kappa shape index (κ3) is 7.49. The number of hydrogen-bond acceptors (Lipinski definition) is 3. The predicted molar refractivity (Wildman–Crippen MR) is 38.7 cm³/mol. The zero-order valence-electron chi connectivity index (χ0n) is 7.42. The van der Waals surface area contributed by atoms with Gasteiger partial charge in [-0.3, -0.25) is 0 Å². The first-order valence-electron chi connectivity index (χ1n) is 3.57. The van der Waals surface area contributed by atoms with E-state index in [0.29, 0.717) is 6.42 Å². The summed E-state index contributed by atoms with van der Waals surface area (Å²) in [7, 11) is -4.70. The molecule has 1 atom stereocenters. The van der Waals surface area contributed by atoms with Crippen molar-refractivity contribution in [2.75, 3.05) is 0 Å². The minimum atomic E-state index is -4.70. The first-order chi connectivity index (χ1) is 4.98. The van der Waals surface area contributed by atoms with E-state index in [9.17, 15) is 17.4 Å². The van der Waals surface area contributed by atoms with E-state index in [1.165, 1.54) is 0 Å². The van der Waals surface area contributed by atoms with Crippen molar-refractivity contribution in [2.24, 2.45) is 0 Å². The minimum absolute atomic E-state index is 0. The van der Waals surface area contributed by atoms with Crippen molar-refractivity contribution in [3.05, 3.63) is 0 Å². The van der Waals surface area contributed by atoms with E-state index in [2.05, 4.69) is 0 Å². The molecule has 0 aromatic rings. The summed E-state index contributed by atoms with van der Waals surface area (Å²) < 4.78 is 42.3.